The van der Waals surface area contributed by atoms with Crippen molar-refractivity contribution in [3.8, 4) is 0 Å². The van der Waals surface area contributed by atoms with Crippen LogP contribution in [0.1, 0.15) is 23.1 Å². The monoisotopic (exact) mass is 378 g/mol. The molecule has 0 aliphatic heterocycles. The molecule has 0 saturated carbocycles. The number of rotatable bonds is 9. The summed E-state index contributed by atoms with van der Waals surface area (Å²) in [5.74, 6) is -0.241. The van der Waals surface area contributed by atoms with Crippen LogP contribution in [-0.2, 0) is 19.5 Å². The zero-order valence-corrected chi connectivity index (χ0v) is 15.6. The van der Waals surface area contributed by atoms with Crippen molar-refractivity contribution in [3.63, 3.8) is 0 Å². The summed E-state index contributed by atoms with van der Waals surface area (Å²) < 4.78 is 13.2. The van der Waals surface area contributed by atoms with Crippen LogP contribution in [0.5, 0.6) is 0 Å². The van der Waals surface area contributed by atoms with E-state index in [1.165, 1.54) is 29.8 Å². The van der Waals surface area contributed by atoms with Crippen LogP contribution >= 0.6 is 0 Å². The van der Waals surface area contributed by atoms with Gasteiger partial charge in [-0.2, -0.15) is 0 Å². The Balaban J connectivity index is 1.65. The van der Waals surface area contributed by atoms with Crippen LogP contribution < -0.4 is 0 Å². The van der Waals surface area contributed by atoms with E-state index in [9.17, 15) is 14.5 Å². The van der Waals surface area contributed by atoms with Gasteiger partial charge < -0.3 is 0 Å². The Kier molecular flexibility index (Phi) is 6.87. The lowest BCUT2D eigenvalue weighted by Crippen LogP contribution is -2.24. The molecule has 0 atom stereocenters. The number of nitrogens with zero attached hydrogens (tertiary/aromatic N) is 2. The second-order valence-corrected chi connectivity index (χ2v) is 6.85. The van der Waals surface area contributed by atoms with Crippen molar-refractivity contribution in [3.05, 3.63) is 111 Å². The number of non-ortho nitro benzene ring substituents is 1. The third-order valence-corrected chi connectivity index (χ3v) is 4.66. The van der Waals surface area contributed by atoms with Crippen molar-refractivity contribution in [1.82, 2.24) is 4.90 Å². The van der Waals surface area contributed by atoms with Crippen molar-refractivity contribution in [2.75, 3.05) is 6.54 Å². The zero-order chi connectivity index (χ0) is 19.8. The minimum Gasteiger partial charge on any atom is -0.295 e. The van der Waals surface area contributed by atoms with Gasteiger partial charge in [-0.25, -0.2) is 4.39 Å². The van der Waals surface area contributed by atoms with Crippen LogP contribution in [0.2, 0.25) is 0 Å². The van der Waals surface area contributed by atoms with Gasteiger partial charge in [-0.05, 0) is 48.2 Å². The van der Waals surface area contributed by atoms with Gasteiger partial charge >= 0.3 is 0 Å². The Morgan fingerprint density at radius 2 is 1.36 bits per heavy atom. The highest BCUT2D eigenvalue weighted by molar-refractivity contribution is 5.32. The van der Waals surface area contributed by atoms with Gasteiger partial charge in [0.15, 0.2) is 0 Å². The molecule has 0 radical (unpaired) electrons. The van der Waals surface area contributed by atoms with Gasteiger partial charge in [-0.15, -0.1) is 0 Å². The standard InChI is InChI=1S/C23H23FN2O2/c24-22-12-8-20(9-13-22)17-25(16-4-7-19-5-2-1-3-6-19)18-21-10-14-23(15-11-21)26(27)28/h1-3,5-6,8-15H,4,7,16-18H2. The number of nitro groups is 1. The summed E-state index contributed by atoms with van der Waals surface area (Å²) in [7, 11) is 0. The van der Waals surface area contributed by atoms with Crippen molar-refractivity contribution < 1.29 is 9.31 Å². The SMILES string of the molecule is O=[N+]([O-])c1ccc(CN(CCCc2ccccc2)Cc2ccc(F)cc2)cc1. The highest BCUT2D eigenvalue weighted by atomic mass is 19.1. The predicted molar refractivity (Wildman–Crippen MR) is 108 cm³/mol. The van der Waals surface area contributed by atoms with E-state index in [1.807, 2.05) is 18.2 Å². The lowest BCUT2D eigenvalue weighted by molar-refractivity contribution is -0.384. The molecule has 0 unspecified atom stereocenters. The van der Waals surface area contributed by atoms with Crippen LogP contribution in [0.3, 0.4) is 0 Å². The first kappa shape index (κ1) is 19.7. The van der Waals surface area contributed by atoms with Gasteiger partial charge in [0.1, 0.15) is 5.82 Å². The maximum absolute atomic E-state index is 13.2. The molecule has 3 rings (SSSR count). The largest absolute Gasteiger partial charge is 0.295 e. The number of hydrogen-bond donors (Lipinski definition) is 0. The van der Waals surface area contributed by atoms with Crippen LogP contribution in [0.4, 0.5) is 10.1 Å². The summed E-state index contributed by atoms with van der Waals surface area (Å²) >= 11 is 0. The van der Waals surface area contributed by atoms with Gasteiger partial charge in [-0.1, -0.05) is 54.6 Å². The number of nitro benzene ring substituents is 1. The van der Waals surface area contributed by atoms with Crippen molar-refractivity contribution in [2.24, 2.45) is 0 Å². The highest BCUT2D eigenvalue weighted by Crippen LogP contribution is 2.16. The van der Waals surface area contributed by atoms with Gasteiger partial charge in [0.25, 0.3) is 5.69 Å². The van der Waals surface area contributed by atoms with Crippen LogP contribution in [0.25, 0.3) is 0 Å². The summed E-state index contributed by atoms with van der Waals surface area (Å²) in [6.45, 7) is 2.26. The number of benzene rings is 3. The maximum atomic E-state index is 13.2. The first-order valence-electron chi connectivity index (χ1n) is 9.34. The molecule has 0 aliphatic rings. The van der Waals surface area contributed by atoms with Crippen molar-refractivity contribution >= 4 is 5.69 Å². The Labute approximate surface area is 164 Å². The molecule has 0 saturated heterocycles. The second-order valence-electron chi connectivity index (χ2n) is 6.85. The van der Waals surface area contributed by atoms with Crippen LogP contribution in [0.15, 0.2) is 78.9 Å². The molecule has 3 aromatic rings. The van der Waals surface area contributed by atoms with Crippen LogP contribution in [0, 0.1) is 15.9 Å². The van der Waals surface area contributed by atoms with Gasteiger partial charge in [0.05, 0.1) is 4.92 Å². The van der Waals surface area contributed by atoms with Gasteiger partial charge in [0.2, 0.25) is 0 Å². The fourth-order valence-electron chi connectivity index (χ4n) is 3.19. The third-order valence-electron chi connectivity index (χ3n) is 4.66. The average molecular weight is 378 g/mol. The van der Waals surface area contributed by atoms with Gasteiger partial charge in [-0.3, -0.25) is 15.0 Å². The first-order valence-corrected chi connectivity index (χ1v) is 9.34. The lowest BCUT2D eigenvalue weighted by Gasteiger charge is -2.23. The second kappa shape index (κ2) is 9.76. The fraction of sp³-hybridized carbons (Fsp3) is 0.217. The molecule has 28 heavy (non-hydrogen) atoms. The number of hydrogen-bond acceptors (Lipinski definition) is 3. The zero-order valence-electron chi connectivity index (χ0n) is 15.6. The van der Waals surface area contributed by atoms with Crippen LogP contribution in [-0.4, -0.2) is 16.4 Å². The van der Waals surface area contributed by atoms with Gasteiger partial charge in [0, 0.05) is 25.2 Å². The molecule has 4 nitrogen and oxygen atoms in total. The molecule has 0 aliphatic carbocycles. The average Bonchev–Trinajstić information content (AvgIpc) is 2.71. The number of aryl methyl sites for hydroxylation is 1. The molecule has 144 valence electrons. The lowest BCUT2D eigenvalue weighted by atomic mass is 10.1. The quantitative estimate of drug-likeness (QED) is 0.371. The number of halogens is 1. The van der Waals surface area contributed by atoms with E-state index in [2.05, 4.69) is 17.0 Å². The van der Waals surface area contributed by atoms with E-state index in [4.69, 9.17) is 0 Å². The Hall–Kier alpha value is -3.05. The Morgan fingerprint density at radius 3 is 1.93 bits per heavy atom. The third kappa shape index (κ3) is 5.99. The molecule has 0 amide bonds. The summed E-state index contributed by atoms with van der Waals surface area (Å²) in [5.41, 5.74) is 3.47. The van der Waals surface area contributed by atoms with E-state index < -0.39 is 0 Å². The minimum atomic E-state index is -0.389. The Bertz CT molecular complexity index is 881. The molecule has 0 fully saturated rings. The fourth-order valence-corrected chi connectivity index (χ4v) is 3.19. The predicted octanol–water partition coefficient (Wildman–Crippen LogP) is 5.37. The van der Waals surface area contributed by atoms with E-state index in [-0.39, 0.29) is 16.4 Å². The van der Waals surface area contributed by atoms with E-state index in [1.54, 1.807) is 24.3 Å². The molecular formula is C23H23FN2O2. The van der Waals surface area contributed by atoms with E-state index >= 15 is 0 Å². The molecular weight excluding hydrogens is 355 g/mol. The summed E-state index contributed by atoms with van der Waals surface area (Å²) in [5, 5.41) is 10.8. The van der Waals surface area contributed by atoms with E-state index in [0.29, 0.717) is 13.1 Å². The highest BCUT2D eigenvalue weighted by Gasteiger charge is 2.10. The maximum Gasteiger partial charge on any atom is 0.269 e. The van der Waals surface area contributed by atoms with E-state index in [0.717, 1.165) is 30.5 Å². The molecule has 5 heteroatoms. The molecule has 0 aromatic heterocycles. The van der Waals surface area contributed by atoms with Crippen molar-refractivity contribution in [2.45, 2.75) is 25.9 Å². The summed E-state index contributed by atoms with van der Waals surface area (Å²) in [6, 6.07) is 23.6. The topological polar surface area (TPSA) is 46.4 Å². The smallest absolute Gasteiger partial charge is 0.269 e. The molecule has 3 aromatic carbocycles. The van der Waals surface area contributed by atoms with Crippen molar-refractivity contribution in [1.29, 1.82) is 0 Å². The molecule has 0 spiro atoms. The summed E-state index contributed by atoms with van der Waals surface area (Å²) in [6.07, 6.45) is 1.99. The molecule has 0 N–H and O–H groups in total. The normalized spacial score (nSPS) is 10.9. The minimum absolute atomic E-state index is 0.0953. The molecule has 0 bridgehead atoms. The first-order chi connectivity index (χ1) is 13.6. The Morgan fingerprint density at radius 1 is 0.786 bits per heavy atom. The summed E-state index contributed by atoms with van der Waals surface area (Å²) in [4.78, 5) is 12.7. The molecule has 0 heterocycles.